The number of carbonyl (C=O) groups excluding carboxylic acids is 1. The number of benzene rings is 2. The third-order valence-corrected chi connectivity index (χ3v) is 6.02. The van der Waals surface area contributed by atoms with E-state index < -0.39 is 0 Å². The zero-order chi connectivity index (χ0) is 20.4. The maximum atomic E-state index is 12.7. The zero-order valence-electron chi connectivity index (χ0n) is 17.3. The molecule has 1 heterocycles. The molecule has 2 aromatic rings. The molecule has 0 aromatic heterocycles. The number of ether oxygens (including phenoxy) is 1. The highest BCUT2D eigenvalue weighted by molar-refractivity contribution is 6.31. The smallest absolute Gasteiger partial charge is 0.171 e. The molecule has 0 fully saturated rings. The Morgan fingerprint density at radius 3 is 2.76 bits per heavy atom. The molecule has 1 atom stereocenters. The Kier molecular flexibility index (Phi) is 5.84. The summed E-state index contributed by atoms with van der Waals surface area (Å²) in [4.78, 5) is 15.0. The van der Waals surface area contributed by atoms with Gasteiger partial charge in [-0.3, -0.25) is 9.69 Å². The number of hydrogen-bond donors (Lipinski definition) is 1. The van der Waals surface area contributed by atoms with E-state index in [1.54, 1.807) is 0 Å². The maximum Gasteiger partial charge on any atom is 0.171 e. The number of Topliss-reactive ketones (excluding diaryl/α,β-unsaturated/α-hetero) is 1. The molecule has 0 saturated carbocycles. The lowest BCUT2D eigenvalue weighted by Gasteiger charge is -2.24. The lowest BCUT2D eigenvalue weighted by atomic mass is 9.99. The maximum absolute atomic E-state index is 12.7. The Morgan fingerprint density at radius 1 is 1.14 bits per heavy atom. The molecule has 152 valence electrons. The van der Waals surface area contributed by atoms with Crippen molar-refractivity contribution in [1.29, 1.82) is 0 Å². The summed E-state index contributed by atoms with van der Waals surface area (Å²) in [6.07, 6.45) is 1.59. The topological polar surface area (TPSA) is 49.8 Å². The van der Waals surface area contributed by atoms with Crippen LogP contribution in [0.3, 0.4) is 0 Å². The van der Waals surface area contributed by atoms with Gasteiger partial charge in [-0.05, 0) is 22.6 Å². The third-order valence-electron chi connectivity index (χ3n) is 6.02. The number of ketones is 1. The van der Waals surface area contributed by atoms with Gasteiger partial charge in [0.15, 0.2) is 5.78 Å². The van der Waals surface area contributed by atoms with Gasteiger partial charge in [0.1, 0.15) is 12.4 Å². The normalized spacial score (nSPS) is 18.7. The molecular formula is C25H29NO3. The fraction of sp³-hybridized carbons (Fsp3) is 0.400. The number of aliphatic hydroxyl groups excluding tert-OH is 1. The number of rotatable bonds is 7. The SMILES string of the molecule is CCC(C)CN(CCO)Cc1ccc2c(c1)CO/C2=C1/C(=O)Cc2ccccc21. The molecule has 1 aliphatic carbocycles. The molecule has 4 rings (SSSR count). The molecule has 0 spiro atoms. The van der Waals surface area contributed by atoms with E-state index in [9.17, 15) is 9.90 Å². The van der Waals surface area contributed by atoms with Crippen molar-refractivity contribution in [3.8, 4) is 0 Å². The Bertz CT molecular complexity index is 947. The van der Waals surface area contributed by atoms with Crippen LogP contribution in [0.25, 0.3) is 11.3 Å². The van der Waals surface area contributed by atoms with E-state index in [0.717, 1.165) is 53.1 Å². The predicted molar refractivity (Wildman–Crippen MR) is 115 cm³/mol. The summed E-state index contributed by atoms with van der Waals surface area (Å²) in [7, 11) is 0. The molecule has 0 saturated heterocycles. The third kappa shape index (κ3) is 4.00. The molecule has 2 aliphatic rings. The summed E-state index contributed by atoms with van der Waals surface area (Å²) in [6, 6.07) is 14.4. The lowest BCUT2D eigenvalue weighted by Crippen LogP contribution is -2.30. The molecule has 0 amide bonds. The molecule has 2 aromatic carbocycles. The van der Waals surface area contributed by atoms with Crippen LogP contribution in [0.5, 0.6) is 0 Å². The molecule has 1 unspecified atom stereocenters. The lowest BCUT2D eigenvalue weighted by molar-refractivity contribution is -0.112. The van der Waals surface area contributed by atoms with E-state index in [0.29, 0.717) is 25.5 Å². The summed E-state index contributed by atoms with van der Waals surface area (Å²) in [6.45, 7) is 7.59. The van der Waals surface area contributed by atoms with Crippen LogP contribution >= 0.6 is 0 Å². The van der Waals surface area contributed by atoms with Gasteiger partial charge < -0.3 is 9.84 Å². The van der Waals surface area contributed by atoms with Crippen molar-refractivity contribution in [3.63, 3.8) is 0 Å². The van der Waals surface area contributed by atoms with Crippen LogP contribution in [0.2, 0.25) is 0 Å². The minimum absolute atomic E-state index is 0.140. The number of fused-ring (bicyclic) bond motifs is 2. The van der Waals surface area contributed by atoms with Gasteiger partial charge in [-0.2, -0.15) is 0 Å². The van der Waals surface area contributed by atoms with E-state index in [1.807, 2.05) is 24.3 Å². The monoisotopic (exact) mass is 391 g/mol. The van der Waals surface area contributed by atoms with E-state index in [1.165, 1.54) is 5.56 Å². The van der Waals surface area contributed by atoms with E-state index >= 15 is 0 Å². The zero-order valence-corrected chi connectivity index (χ0v) is 17.3. The van der Waals surface area contributed by atoms with Crippen molar-refractivity contribution in [2.24, 2.45) is 5.92 Å². The van der Waals surface area contributed by atoms with Crippen molar-refractivity contribution in [2.45, 2.75) is 39.8 Å². The highest BCUT2D eigenvalue weighted by Crippen LogP contribution is 2.40. The van der Waals surface area contributed by atoms with Gasteiger partial charge in [0, 0.05) is 37.2 Å². The first-order valence-corrected chi connectivity index (χ1v) is 10.5. The van der Waals surface area contributed by atoms with Crippen LogP contribution in [0.1, 0.15) is 48.1 Å². The Labute approximate surface area is 172 Å². The van der Waals surface area contributed by atoms with Crippen LogP contribution in [0.4, 0.5) is 0 Å². The number of carbonyl (C=O) groups is 1. The second-order valence-electron chi connectivity index (χ2n) is 8.21. The first-order valence-electron chi connectivity index (χ1n) is 10.5. The summed E-state index contributed by atoms with van der Waals surface area (Å²) >= 11 is 0. The quantitative estimate of drug-likeness (QED) is 0.724. The Morgan fingerprint density at radius 2 is 1.97 bits per heavy atom. The fourth-order valence-corrected chi connectivity index (χ4v) is 4.30. The predicted octanol–water partition coefficient (Wildman–Crippen LogP) is 4.05. The standard InChI is InChI=1S/C25H29NO3/c1-3-17(2)14-26(10-11-27)15-18-8-9-22-20(12-18)16-29-25(22)24-21-7-5-4-6-19(21)13-23(24)28/h4-9,12,17,27H,3,10-11,13-16H2,1-2H3/b25-24+. The van der Waals surface area contributed by atoms with Crippen LogP contribution in [-0.2, 0) is 29.1 Å². The molecule has 1 N–H and O–H groups in total. The van der Waals surface area contributed by atoms with E-state index in [-0.39, 0.29) is 12.4 Å². The highest BCUT2D eigenvalue weighted by Gasteiger charge is 2.32. The van der Waals surface area contributed by atoms with E-state index in [2.05, 4.69) is 36.9 Å². The summed E-state index contributed by atoms with van der Waals surface area (Å²) in [5.74, 6) is 1.47. The highest BCUT2D eigenvalue weighted by atomic mass is 16.5. The second-order valence-corrected chi connectivity index (χ2v) is 8.21. The van der Waals surface area contributed by atoms with Crippen LogP contribution < -0.4 is 0 Å². The average Bonchev–Trinajstić information content (AvgIpc) is 3.27. The van der Waals surface area contributed by atoms with Gasteiger partial charge in [0.25, 0.3) is 0 Å². The van der Waals surface area contributed by atoms with E-state index in [4.69, 9.17) is 4.74 Å². The van der Waals surface area contributed by atoms with Gasteiger partial charge >= 0.3 is 0 Å². The largest absolute Gasteiger partial charge is 0.487 e. The summed E-state index contributed by atoms with van der Waals surface area (Å²) < 4.78 is 6.03. The average molecular weight is 392 g/mol. The molecule has 4 heteroatoms. The molecule has 1 aliphatic heterocycles. The number of nitrogens with zero attached hydrogens (tertiary/aromatic N) is 1. The van der Waals surface area contributed by atoms with Crippen molar-refractivity contribution >= 4 is 17.1 Å². The van der Waals surface area contributed by atoms with Gasteiger partial charge in [0.05, 0.1) is 12.2 Å². The fourth-order valence-electron chi connectivity index (χ4n) is 4.30. The number of hydrogen-bond acceptors (Lipinski definition) is 4. The Balaban J connectivity index is 1.61. The Hall–Kier alpha value is -2.43. The van der Waals surface area contributed by atoms with Crippen molar-refractivity contribution < 1.29 is 14.6 Å². The second kappa shape index (κ2) is 8.52. The molecular weight excluding hydrogens is 362 g/mol. The molecule has 0 radical (unpaired) electrons. The number of allylic oxidation sites excluding steroid dienone is 1. The van der Waals surface area contributed by atoms with Crippen LogP contribution in [-0.4, -0.2) is 35.5 Å². The van der Waals surface area contributed by atoms with Crippen molar-refractivity contribution in [3.05, 3.63) is 70.3 Å². The van der Waals surface area contributed by atoms with Crippen molar-refractivity contribution in [2.75, 3.05) is 19.7 Å². The molecule has 4 nitrogen and oxygen atoms in total. The summed E-state index contributed by atoms with van der Waals surface area (Å²) in [5.41, 5.74) is 6.20. The van der Waals surface area contributed by atoms with Gasteiger partial charge in [-0.25, -0.2) is 0 Å². The number of aliphatic hydroxyl groups is 1. The van der Waals surface area contributed by atoms with Crippen LogP contribution in [0, 0.1) is 5.92 Å². The first-order chi connectivity index (χ1) is 14.1. The minimum atomic E-state index is 0.140. The van der Waals surface area contributed by atoms with Crippen molar-refractivity contribution in [1.82, 2.24) is 4.90 Å². The first kappa shape index (κ1) is 19.9. The van der Waals surface area contributed by atoms with Gasteiger partial charge in [-0.15, -0.1) is 0 Å². The molecule has 29 heavy (non-hydrogen) atoms. The molecule has 0 bridgehead atoms. The minimum Gasteiger partial charge on any atom is -0.487 e. The van der Waals surface area contributed by atoms with Gasteiger partial charge in [-0.1, -0.05) is 62.7 Å². The van der Waals surface area contributed by atoms with Gasteiger partial charge in [0.2, 0.25) is 0 Å². The van der Waals surface area contributed by atoms with Crippen LogP contribution in [0.15, 0.2) is 42.5 Å². The summed E-state index contributed by atoms with van der Waals surface area (Å²) in [5, 5.41) is 9.42.